The lowest BCUT2D eigenvalue weighted by Crippen LogP contribution is -3.00. The maximum Gasteiger partial charge on any atom is 0.192 e. The third kappa shape index (κ3) is 5.90. The highest BCUT2D eigenvalue weighted by Gasteiger charge is 2.39. The summed E-state index contributed by atoms with van der Waals surface area (Å²) >= 11 is 0. The van der Waals surface area contributed by atoms with Gasteiger partial charge in [-0.05, 0) is 60.3 Å². The zero-order valence-corrected chi connectivity index (χ0v) is 23.0. The fraction of sp³-hybridized carbons (Fsp3) is 0.435. The number of nitrogens with zero attached hydrogens (tertiary/aromatic N) is 1. The fourth-order valence-corrected chi connectivity index (χ4v) is 4.92. The Morgan fingerprint density at radius 3 is 2.48 bits per heavy atom. The summed E-state index contributed by atoms with van der Waals surface area (Å²) in [5.41, 5.74) is 4.35. The summed E-state index contributed by atoms with van der Waals surface area (Å²) in [5.74, 6) is 0.704. The Morgan fingerprint density at radius 2 is 1.83 bits per heavy atom. The topological polar surface area (TPSA) is 35.3 Å². The van der Waals surface area contributed by atoms with Crippen molar-refractivity contribution < 1.29 is 32.8 Å². The highest BCUT2D eigenvalue weighted by molar-refractivity contribution is 7.27. The predicted molar refractivity (Wildman–Crippen MR) is 125 cm³/mol. The molecule has 0 amide bonds. The third-order valence-corrected chi connectivity index (χ3v) is 11.1. The minimum Gasteiger partial charge on any atom is -1.00 e. The lowest BCUT2D eigenvalue weighted by atomic mass is 10.0. The molecule has 158 valence electrons. The molecule has 0 radical (unpaired) electrons. The standard InChI is InChI=1S/C23H32NO2PSi.HI/c1-16-24-19-15-18(12-14-21(19)25-16)20(26-28(5,6)23(2,3)4)13-11-17-9-7-8-10-22(17)27;/h7-10,12,14-15,20H,11,13,27H2,1-6H3;1H. The van der Waals surface area contributed by atoms with E-state index in [0.717, 1.165) is 23.9 Å². The monoisotopic (exact) mass is 541 g/mol. The molecular weight excluding hydrogens is 508 g/mol. The molecule has 3 aromatic rings. The Morgan fingerprint density at radius 1 is 1.14 bits per heavy atom. The van der Waals surface area contributed by atoms with Crippen LogP contribution < -0.4 is 29.3 Å². The van der Waals surface area contributed by atoms with Crippen molar-refractivity contribution in [3.05, 3.63) is 59.5 Å². The third-order valence-electron chi connectivity index (χ3n) is 5.93. The number of rotatable bonds is 6. The van der Waals surface area contributed by atoms with Crippen molar-refractivity contribution in [2.45, 2.75) is 64.8 Å². The van der Waals surface area contributed by atoms with E-state index in [9.17, 15) is 0 Å². The van der Waals surface area contributed by atoms with Crippen LogP contribution in [0, 0.1) is 6.92 Å². The molecule has 1 heterocycles. The first-order valence-corrected chi connectivity index (χ1v) is 13.6. The Hall–Kier alpha value is -0.753. The summed E-state index contributed by atoms with van der Waals surface area (Å²) in [4.78, 5) is 4.52. The molecule has 0 aliphatic carbocycles. The lowest BCUT2D eigenvalue weighted by Gasteiger charge is -2.39. The molecule has 29 heavy (non-hydrogen) atoms. The van der Waals surface area contributed by atoms with Gasteiger partial charge in [-0.3, -0.25) is 0 Å². The summed E-state index contributed by atoms with van der Waals surface area (Å²) in [7, 11) is 0.0557. The number of aryl methyl sites for hydroxylation is 2. The molecule has 3 nitrogen and oxygen atoms in total. The summed E-state index contributed by atoms with van der Waals surface area (Å²) < 4.78 is 12.5. The molecule has 0 aliphatic heterocycles. The van der Waals surface area contributed by atoms with Crippen LogP contribution in [0.15, 0.2) is 46.9 Å². The molecule has 2 aromatic carbocycles. The minimum atomic E-state index is -1.91. The van der Waals surface area contributed by atoms with E-state index < -0.39 is 8.32 Å². The molecule has 0 bridgehead atoms. The largest absolute Gasteiger partial charge is 1.00 e. The molecule has 0 fully saturated rings. The van der Waals surface area contributed by atoms with Gasteiger partial charge in [0.1, 0.15) is 5.52 Å². The van der Waals surface area contributed by atoms with Crippen molar-refractivity contribution in [2.75, 3.05) is 0 Å². The first kappa shape index (κ1) is 24.5. The predicted octanol–water partition coefficient (Wildman–Crippen LogP) is 3.07. The van der Waals surface area contributed by atoms with Crippen LogP contribution in [0.3, 0.4) is 0 Å². The van der Waals surface area contributed by atoms with Gasteiger partial charge in [0.25, 0.3) is 0 Å². The van der Waals surface area contributed by atoms with Crippen LogP contribution in [-0.4, -0.2) is 13.3 Å². The van der Waals surface area contributed by atoms with Gasteiger partial charge in [-0.2, -0.15) is 0 Å². The van der Waals surface area contributed by atoms with Crippen molar-refractivity contribution in [2.24, 2.45) is 0 Å². The van der Waals surface area contributed by atoms with E-state index in [1.807, 2.05) is 22.2 Å². The van der Waals surface area contributed by atoms with Gasteiger partial charge in [-0.25, -0.2) is 4.98 Å². The van der Waals surface area contributed by atoms with E-state index in [1.54, 1.807) is 0 Å². The van der Waals surface area contributed by atoms with Crippen molar-refractivity contribution in [1.82, 2.24) is 4.98 Å². The molecule has 2 unspecified atom stereocenters. The number of hydrogen-bond acceptors (Lipinski definition) is 3. The first-order chi connectivity index (χ1) is 13.1. The second-order valence-corrected chi connectivity index (χ2v) is 14.7. The van der Waals surface area contributed by atoms with Gasteiger partial charge in [0.05, 0.1) is 11.4 Å². The van der Waals surface area contributed by atoms with E-state index in [0.29, 0.717) is 5.89 Å². The zero-order chi connectivity index (χ0) is 20.5. The van der Waals surface area contributed by atoms with Crippen LogP contribution in [0.1, 0.15) is 50.3 Å². The molecule has 0 saturated heterocycles. The molecule has 0 saturated carbocycles. The number of aromatic nitrogens is 1. The van der Waals surface area contributed by atoms with Gasteiger partial charge in [-0.1, -0.05) is 45.0 Å². The van der Waals surface area contributed by atoms with Crippen molar-refractivity contribution in [3.8, 4) is 0 Å². The van der Waals surface area contributed by atoms with Gasteiger partial charge in [0.15, 0.2) is 19.8 Å². The summed E-state index contributed by atoms with van der Waals surface area (Å²) in [6, 6.07) is 15.0. The Labute approximate surface area is 195 Å². The van der Waals surface area contributed by atoms with Crippen LogP contribution in [0.4, 0.5) is 0 Å². The summed E-state index contributed by atoms with van der Waals surface area (Å²) in [6.45, 7) is 13.4. The number of benzene rings is 2. The van der Waals surface area contributed by atoms with Crippen LogP contribution in [0.25, 0.3) is 11.1 Å². The van der Waals surface area contributed by atoms with E-state index in [2.05, 4.69) is 75.2 Å². The number of fused-ring (bicyclic) bond motifs is 1. The smallest absolute Gasteiger partial charge is 0.192 e. The highest BCUT2D eigenvalue weighted by Crippen LogP contribution is 2.41. The summed E-state index contributed by atoms with van der Waals surface area (Å²) in [5, 5.41) is 1.54. The number of oxazole rings is 1. The van der Waals surface area contributed by atoms with Gasteiger partial charge in [0.2, 0.25) is 0 Å². The van der Waals surface area contributed by atoms with Crippen molar-refractivity contribution in [3.63, 3.8) is 0 Å². The lowest BCUT2D eigenvalue weighted by molar-refractivity contribution is -0.00000804. The Bertz CT molecular complexity index is 965. The second kappa shape index (κ2) is 9.59. The van der Waals surface area contributed by atoms with E-state index >= 15 is 0 Å². The van der Waals surface area contributed by atoms with Crippen molar-refractivity contribution in [1.29, 1.82) is 0 Å². The molecule has 1 aromatic heterocycles. The first-order valence-electron chi connectivity index (χ1n) is 10.0. The quantitative estimate of drug-likeness (QED) is 0.274. The molecular formula is C23H33INO2PSi. The van der Waals surface area contributed by atoms with Gasteiger partial charge in [0, 0.05) is 16.2 Å². The van der Waals surface area contributed by atoms with E-state index in [4.69, 9.17) is 8.84 Å². The SMILES string of the molecule is Cc1nc2cc(C(CCc3ccccc3[PH3+])O[Si](C)(C)C(C)(C)C)ccc2o1.[I-]. The Balaban J connectivity index is 0.00000300. The van der Waals surface area contributed by atoms with Crippen LogP contribution in [0.5, 0.6) is 0 Å². The molecule has 6 heteroatoms. The fourth-order valence-electron chi connectivity index (χ4n) is 3.17. The summed E-state index contributed by atoms with van der Waals surface area (Å²) in [6.07, 6.45) is 2.03. The molecule has 3 rings (SSSR count). The maximum atomic E-state index is 6.89. The minimum absolute atomic E-state index is 0. The number of hydrogen-bond donors (Lipinski definition) is 0. The molecule has 0 aliphatic rings. The average molecular weight is 541 g/mol. The molecule has 2 atom stereocenters. The van der Waals surface area contributed by atoms with Gasteiger partial charge >= 0.3 is 0 Å². The molecule has 0 N–H and O–H groups in total. The van der Waals surface area contributed by atoms with Gasteiger partial charge < -0.3 is 32.8 Å². The zero-order valence-electron chi connectivity index (χ0n) is 18.4. The molecule has 0 spiro atoms. The van der Waals surface area contributed by atoms with Crippen LogP contribution >= 0.6 is 9.24 Å². The highest BCUT2D eigenvalue weighted by atomic mass is 127. The van der Waals surface area contributed by atoms with Gasteiger partial charge in [-0.15, -0.1) is 0 Å². The normalized spacial score (nSPS) is 13.4. The Kier molecular flexibility index (Phi) is 8.11. The number of halogens is 1. The average Bonchev–Trinajstić information content (AvgIpc) is 2.97. The van der Waals surface area contributed by atoms with E-state index in [1.165, 1.54) is 16.4 Å². The van der Waals surface area contributed by atoms with Crippen LogP contribution in [0.2, 0.25) is 18.1 Å². The van der Waals surface area contributed by atoms with Crippen LogP contribution in [-0.2, 0) is 10.8 Å². The van der Waals surface area contributed by atoms with E-state index in [-0.39, 0.29) is 35.1 Å². The maximum absolute atomic E-state index is 6.89. The van der Waals surface area contributed by atoms with Crippen molar-refractivity contribution >= 4 is 34.0 Å². The second-order valence-electron chi connectivity index (χ2n) is 9.13.